The highest BCUT2D eigenvalue weighted by atomic mass is 16.3. The Bertz CT molecular complexity index is 1470. The van der Waals surface area contributed by atoms with Crippen molar-refractivity contribution >= 4 is 22.1 Å². The fourth-order valence-corrected chi connectivity index (χ4v) is 3.51. The molecule has 0 aliphatic heterocycles. The smallest absolute Gasteiger partial charge is 0.332 e. The fourth-order valence-electron chi connectivity index (χ4n) is 3.51. The lowest BCUT2D eigenvalue weighted by Gasteiger charge is -2.10. The molecule has 0 saturated carbocycles. The van der Waals surface area contributed by atoms with Gasteiger partial charge in [0.15, 0.2) is 11.2 Å². The summed E-state index contributed by atoms with van der Waals surface area (Å²) in [5.41, 5.74) is 0.884. The number of rotatable bonds is 4. The number of hydrogen-bond acceptors (Lipinski definition) is 6. The van der Waals surface area contributed by atoms with Crippen LogP contribution in [-0.2, 0) is 26.7 Å². The summed E-state index contributed by atoms with van der Waals surface area (Å²) in [4.78, 5) is 39.4. The molecule has 30 heavy (non-hydrogen) atoms. The maximum Gasteiger partial charge on any atom is 0.332 e. The lowest BCUT2D eigenvalue weighted by Crippen LogP contribution is -2.40. The van der Waals surface area contributed by atoms with Gasteiger partial charge in [-0.2, -0.15) is 0 Å². The molecular weight excluding hydrogens is 384 g/mol. The van der Waals surface area contributed by atoms with E-state index < -0.39 is 11.2 Å². The maximum absolute atomic E-state index is 13.3. The van der Waals surface area contributed by atoms with Crippen molar-refractivity contribution in [3.63, 3.8) is 0 Å². The second-order valence-electron chi connectivity index (χ2n) is 6.85. The summed E-state index contributed by atoms with van der Waals surface area (Å²) in [6, 6.07) is 7.57. The van der Waals surface area contributed by atoms with Crippen LogP contribution in [-0.4, -0.2) is 33.8 Å². The van der Waals surface area contributed by atoms with Gasteiger partial charge >= 0.3 is 5.69 Å². The van der Waals surface area contributed by atoms with Crippen LogP contribution >= 0.6 is 0 Å². The van der Waals surface area contributed by atoms with Crippen molar-refractivity contribution in [1.82, 2.24) is 28.7 Å². The molecule has 152 valence electrons. The average molecular weight is 404 g/mol. The van der Waals surface area contributed by atoms with Gasteiger partial charge in [-0.1, -0.05) is 24.1 Å². The minimum absolute atomic E-state index is 0.0772. The third-order valence-electron chi connectivity index (χ3n) is 5.01. The van der Waals surface area contributed by atoms with Gasteiger partial charge in [-0.3, -0.25) is 13.9 Å². The number of hydrogen-bond donors (Lipinski definition) is 1. The van der Waals surface area contributed by atoms with Crippen molar-refractivity contribution in [2.45, 2.75) is 33.5 Å². The topological polar surface area (TPSA) is 108 Å². The Kier molecular flexibility index (Phi) is 4.93. The number of nitrogens with zero attached hydrogens (tertiary/aromatic N) is 6. The molecule has 0 unspecified atom stereocenters. The molecule has 4 rings (SSSR count). The van der Waals surface area contributed by atoms with E-state index in [-0.39, 0.29) is 36.7 Å². The minimum Gasteiger partial charge on any atom is -0.388 e. The molecule has 0 atom stereocenters. The third-order valence-corrected chi connectivity index (χ3v) is 5.01. The monoisotopic (exact) mass is 404 g/mol. The highest BCUT2D eigenvalue weighted by Gasteiger charge is 2.20. The quantitative estimate of drug-likeness (QED) is 0.502. The normalized spacial score (nSPS) is 11.1. The Hall–Kier alpha value is -3.77. The molecule has 0 bridgehead atoms. The van der Waals surface area contributed by atoms with Gasteiger partial charge in [-0.05, 0) is 19.9 Å². The van der Waals surface area contributed by atoms with E-state index in [2.05, 4.69) is 26.8 Å². The van der Waals surface area contributed by atoms with Gasteiger partial charge in [0.1, 0.15) is 18.3 Å². The number of aliphatic hydroxyl groups excluding tert-OH is 1. The number of aromatic nitrogens is 6. The number of imidazole rings is 1. The van der Waals surface area contributed by atoms with Crippen LogP contribution in [0.25, 0.3) is 22.1 Å². The summed E-state index contributed by atoms with van der Waals surface area (Å²) in [6.07, 6.45) is 0. The van der Waals surface area contributed by atoms with Crippen LogP contribution in [0, 0.1) is 18.8 Å². The zero-order valence-electron chi connectivity index (χ0n) is 16.9. The Morgan fingerprint density at radius 1 is 1.10 bits per heavy atom. The molecule has 0 saturated heterocycles. The van der Waals surface area contributed by atoms with Crippen molar-refractivity contribution in [3.05, 3.63) is 62.4 Å². The lowest BCUT2D eigenvalue weighted by molar-refractivity contribution is 0.267. The van der Waals surface area contributed by atoms with Gasteiger partial charge in [0.05, 0.1) is 18.6 Å². The van der Waals surface area contributed by atoms with E-state index in [4.69, 9.17) is 0 Å². The summed E-state index contributed by atoms with van der Waals surface area (Å²) >= 11 is 0. The van der Waals surface area contributed by atoms with Crippen molar-refractivity contribution < 1.29 is 5.11 Å². The summed E-state index contributed by atoms with van der Waals surface area (Å²) in [7, 11) is 1.54. The third kappa shape index (κ3) is 3.07. The first-order valence-electron chi connectivity index (χ1n) is 9.38. The van der Waals surface area contributed by atoms with Crippen LogP contribution in [0.1, 0.15) is 24.3 Å². The van der Waals surface area contributed by atoms with E-state index in [1.807, 2.05) is 31.2 Å². The molecule has 0 aliphatic rings. The molecular formula is C21H20N6O3. The standard InChI is InChI=1S/C21H20N6O3/c1-4-5-10-26-17(12-28)24-19-18(26)20(29)27(21(30)25(19)3)11-16-22-13(2)14-8-6-7-9-15(14)23-16/h6-9,28H,10-12H2,1-3H3. The number of benzene rings is 1. The molecule has 9 nitrogen and oxygen atoms in total. The average Bonchev–Trinajstić information content (AvgIpc) is 3.12. The molecule has 1 N–H and O–H groups in total. The van der Waals surface area contributed by atoms with Crippen LogP contribution in [0.15, 0.2) is 33.9 Å². The first kappa shape index (κ1) is 19.5. The molecule has 4 aromatic rings. The van der Waals surface area contributed by atoms with Crippen molar-refractivity contribution in [1.29, 1.82) is 0 Å². The first-order chi connectivity index (χ1) is 14.5. The van der Waals surface area contributed by atoms with Gasteiger partial charge in [-0.15, -0.1) is 5.92 Å². The van der Waals surface area contributed by atoms with Gasteiger partial charge in [-0.25, -0.2) is 19.7 Å². The molecule has 3 aromatic heterocycles. The largest absolute Gasteiger partial charge is 0.388 e. The van der Waals surface area contributed by atoms with Crippen LogP contribution in [0.5, 0.6) is 0 Å². The minimum atomic E-state index is -0.530. The molecule has 3 heterocycles. The fraction of sp³-hybridized carbons (Fsp3) is 0.286. The zero-order valence-corrected chi connectivity index (χ0v) is 16.9. The molecule has 0 aliphatic carbocycles. The number of fused-ring (bicyclic) bond motifs is 2. The number of aliphatic hydroxyl groups is 1. The van der Waals surface area contributed by atoms with Gasteiger partial charge < -0.3 is 9.67 Å². The van der Waals surface area contributed by atoms with E-state index in [9.17, 15) is 14.7 Å². The van der Waals surface area contributed by atoms with Gasteiger partial charge in [0.25, 0.3) is 5.56 Å². The van der Waals surface area contributed by atoms with Crippen LogP contribution in [0.4, 0.5) is 0 Å². The highest BCUT2D eigenvalue weighted by Crippen LogP contribution is 2.15. The van der Waals surface area contributed by atoms with E-state index >= 15 is 0 Å². The maximum atomic E-state index is 13.3. The summed E-state index contributed by atoms with van der Waals surface area (Å²) in [5, 5.41) is 10.6. The number of para-hydroxylation sites is 1. The number of aryl methyl sites for hydroxylation is 2. The second-order valence-corrected chi connectivity index (χ2v) is 6.85. The van der Waals surface area contributed by atoms with Crippen LogP contribution in [0.3, 0.4) is 0 Å². The van der Waals surface area contributed by atoms with E-state index in [1.165, 1.54) is 16.2 Å². The molecule has 0 amide bonds. The first-order valence-corrected chi connectivity index (χ1v) is 9.38. The van der Waals surface area contributed by atoms with Gasteiger partial charge in [0.2, 0.25) is 0 Å². The summed E-state index contributed by atoms with van der Waals surface area (Å²) in [5.74, 6) is 6.29. The predicted molar refractivity (Wildman–Crippen MR) is 112 cm³/mol. The highest BCUT2D eigenvalue weighted by molar-refractivity contribution is 5.80. The van der Waals surface area contributed by atoms with Crippen LogP contribution < -0.4 is 11.2 Å². The molecule has 0 fully saturated rings. The van der Waals surface area contributed by atoms with Crippen molar-refractivity contribution in [2.75, 3.05) is 0 Å². The molecule has 0 spiro atoms. The summed E-state index contributed by atoms with van der Waals surface area (Å²) in [6.45, 7) is 3.28. The van der Waals surface area contributed by atoms with Crippen LogP contribution in [0.2, 0.25) is 0 Å². The lowest BCUT2D eigenvalue weighted by atomic mass is 10.2. The zero-order chi connectivity index (χ0) is 21.4. The summed E-state index contributed by atoms with van der Waals surface area (Å²) < 4.78 is 3.92. The van der Waals surface area contributed by atoms with E-state index in [0.717, 1.165) is 21.2 Å². The van der Waals surface area contributed by atoms with E-state index in [1.54, 1.807) is 6.92 Å². The SMILES string of the molecule is CC#CCn1c(CO)nc2c1c(=O)n(Cc1nc(C)c3ccccc3n1)c(=O)n2C. The Labute approximate surface area is 171 Å². The van der Waals surface area contributed by atoms with Crippen molar-refractivity contribution in [2.24, 2.45) is 7.05 Å². The molecule has 1 aromatic carbocycles. The predicted octanol–water partition coefficient (Wildman–Crippen LogP) is 0.712. The van der Waals surface area contributed by atoms with Crippen molar-refractivity contribution in [3.8, 4) is 11.8 Å². The molecule has 9 heteroatoms. The van der Waals surface area contributed by atoms with E-state index in [0.29, 0.717) is 5.82 Å². The Morgan fingerprint density at radius 3 is 2.60 bits per heavy atom. The van der Waals surface area contributed by atoms with Gasteiger partial charge in [0, 0.05) is 18.1 Å². The second kappa shape index (κ2) is 7.57. The molecule has 0 radical (unpaired) electrons. The Balaban J connectivity index is 1.94. The Morgan fingerprint density at radius 2 is 1.87 bits per heavy atom.